The molecule has 0 aliphatic carbocycles. The van der Waals surface area contributed by atoms with Gasteiger partial charge in [0.25, 0.3) is 0 Å². The third kappa shape index (κ3) is 2.18. The van der Waals surface area contributed by atoms with Crippen molar-refractivity contribution >= 4 is 6.29 Å². The summed E-state index contributed by atoms with van der Waals surface area (Å²) < 4.78 is 14.8. The lowest BCUT2D eigenvalue weighted by atomic mass is 10.0. The number of halogens is 1. The van der Waals surface area contributed by atoms with Gasteiger partial charge in [0.05, 0.1) is 5.56 Å². The summed E-state index contributed by atoms with van der Waals surface area (Å²) in [5.74, 6) is -0.285. The minimum atomic E-state index is -0.285. The minimum Gasteiger partial charge on any atom is -0.298 e. The third-order valence-electron chi connectivity index (χ3n) is 2.86. The van der Waals surface area contributed by atoms with E-state index in [9.17, 15) is 9.18 Å². The Hall–Kier alpha value is -1.97. The van der Waals surface area contributed by atoms with Gasteiger partial charge in [-0.05, 0) is 44.5 Å². The molecule has 0 spiro atoms. The Morgan fingerprint density at radius 3 is 2.67 bits per heavy atom. The Balaban J connectivity index is 2.59. The second-order valence-electron chi connectivity index (χ2n) is 4.58. The first-order chi connectivity index (χ1) is 8.52. The van der Waals surface area contributed by atoms with Crippen LogP contribution in [-0.2, 0) is 0 Å². The van der Waals surface area contributed by atoms with Gasteiger partial charge >= 0.3 is 0 Å². The quantitative estimate of drug-likeness (QED) is 0.778. The van der Waals surface area contributed by atoms with Crippen LogP contribution < -0.4 is 0 Å². The highest BCUT2D eigenvalue weighted by Gasteiger charge is 2.14. The third-order valence-corrected chi connectivity index (χ3v) is 2.86. The number of aromatic nitrogens is 2. The summed E-state index contributed by atoms with van der Waals surface area (Å²) in [6.45, 7) is 5.78. The van der Waals surface area contributed by atoms with Crippen molar-refractivity contribution in [1.82, 2.24) is 9.78 Å². The van der Waals surface area contributed by atoms with Gasteiger partial charge in [-0.1, -0.05) is 0 Å². The van der Waals surface area contributed by atoms with Crippen molar-refractivity contribution < 1.29 is 9.18 Å². The molecule has 0 atom stereocenters. The summed E-state index contributed by atoms with van der Waals surface area (Å²) in [6, 6.07) is 4.66. The van der Waals surface area contributed by atoms with Crippen molar-refractivity contribution in [3.63, 3.8) is 0 Å². The van der Waals surface area contributed by atoms with Crippen molar-refractivity contribution in [2.24, 2.45) is 0 Å². The van der Waals surface area contributed by atoms with Crippen LogP contribution in [0.25, 0.3) is 11.3 Å². The number of carbonyl (C=O) groups is 1. The number of hydrogen-bond acceptors (Lipinski definition) is 2. The van der Waals surface area contributed by atoms with Crippen LogP contribution in [0, 0.1) is 12.7 Å². The normalized spacial score (nSPS) is 10.9. The lowest BCUT2D eigenvalue weighted by Crippen LogP contribution is -2.01. The molecular formula is C14H15FN2O. The van der Waals surface area contributed by atoms with Crippen LogP contribution in [0.4, 0.5) is 4.39 Å². The number of carbonyl (C=O) groups excluding carboxylic acids is 1. The van der Waals surface area contributed by atoms with Crippen LogP contribution in [0.15, 0.2) is 24.4 Å². The molecule has 0 saturated heterocycles. The number of nitrogens with zero attached hydrogens (tertiary/aromatic N) is 2. The highest BCUT2D eigenvalue weighted by atomic mass is 19.1. The van der Waals surface area contributed by atoms with Crippen LogP contribution >= 0.6 is 0 Å². The van der Waals surface area contributed by atoms with Crippen LogP contribution in [0.2, 0.25) is 0 Å². The maximum Gasteiger partial charge on any atom is 0.153 e. The Morgan fingerprint density at radius 1 is 1.39 bits per heavy atom. The Kier molecular flexibility index (Phi) is 3.28. The predicted molar refractivity (Wildman–Crippen MR) is 68.1 cm³/mol. The van der Waals surface area contributed by atoms with E-state index in [1.807, 2.05) is 13.8 Å². The van der Waals surface area contributed by atoms with E-state index in [0.717, 1.165) is 17.4 Å². The molecule has 0 fully saturated rings. The highest BCUT2D eigenvalue weighted by Crippen LogP contribution is 2.26. The van der Waals surface area contributed by atoms with Crippen LogP contribution in [0.1, 0.15) is 35.8 Å². The minimum absolute atomic E-state index is 0.179. The molecule has 0 radical (unpaired) electrons. The lowest BCUT2D eigenvalue weighted by Gasteiger charge is -2.05. The molecule has 1 aromatic carbocycles. The predicted octanol–water partition coefficient (Wildman–Crippen LogP) is 3.39. The molecule has 0 N–H and O–H groups in total. The molecule has 1 heterocycles. The van der Waals surface area contributed by atoms with Gasteiger partial charge in [-0.15, -0.1) is 0 Å². The van der Waals surface area contributed by atoms with Gasteiger partial charge in [0.1, 0.15) is 11.5 Å². The Labute approximate surface area is 105 Å². The summed E-state index contributed by atoms with van der Waals surface area (Å²) in [7, 11) is 0. The summed E-state index contributed by atoms with van der Waals surface area (Å²) in [6.07, 6.45) is 2.50. The van der Waals surface area contributed by atoms with E-state index in [-0.39, 0.29) is 11.9 Å². The van der Waals surface area contributed by atoms with Crippen molar-refractivity contribution in [3.8, 4) is 11.3 Å². The summed E-state index contributed by atoms with van der Waals surface area (Å²) >= 11 is 0. The van der Waals surface area contributed by atoms with Crippen molar-refractivity contribution in [3.05, 3.63) is 41.3 Å². The molecule has 3 nitrogen and oxygen atoms in total. The first-order valence-corrected chi connectivity index (χ1v) is 5.83. The largest absolute Gasteiger partial charge is 0.298 e. The van der Waals surface area contributed by atoms with Gasteiger partial charge in [0.15, 0.2) is 6.29 Å². The molecule has 1 aromatic heterocycles. The van der Waals surface area contributed by atoms with E-state index in [1.165, 1.54) is 12.1 Å². The number of hydrogen-bond donors (Lipinski definition) is 0. The molecule has 18 heavy (non-hydrogen) atoms. The maximum absolute atomic E-state index is 13.1. The molecular weight excluding hydrogens is 231 g/mol. The fraction of sp³-hybridized carbons (Fsp3) is 0.286. The first kappa shape index (κ1) is 12.5. The van der Waals surface area contributed by atoms with Crippen molar-refractivity contribution in [2.45, 2.75) is 26.8 Å². The van der Waals surface area contributed by atoms with Gasteiger partial charge in [-0.2, -0.15) is 5.10 Å². The summed E-state index contributed by atoms with van der Waals surface area (Å²) in [5, 5.41) is 4.40. The van der Waals surface area contributed by atoms with Crippen LogP contribution in [0.5, 0.6) is 0 Å². The molecule has 2 aromatic rings. The SMILES string of the molecule is Cc1cc(F)ccc1-c1nn(C(C)C)cc1C=O. The fourth-order valence-corrected chi connectivity index (χ4v) is 1.86. The van der Waals surface area contributed by atoms with Gasteiger partial charge < -0.3 is 0 Å². The van der Waals surface area contributed by atoms with E-state index in [0.29, 0.717) is 11.3 Å². The maximum atomic E-state index is 13.1. The molecule has 2 rings (SSSR count). The molecule has 0 aliphatic rings. The van der Waals surface area contributed by atoms with Crippen LogP contribution in [-0.4, -0.2) is 16.1 Å². The van der Waals surface area contributed by atoms with Crippen LogP contribution in [0.3, 0.4) is 0 Å². The standard InChI is InChI=1S/C14H15FN2O/c1-9(2)17-7-11(8-18)14(16-17)13-5-4-12(15)6-10(13)3/h4-9H,1-3H3. The van der Waals surface area contributed by atoms with Gasteiger partial charge in [0.2, 0.25) is 0 Å². The average Bonchev–Trinajstić information content (AvgIpc) is 2.73. The highest BCUT2D eigenvalue weighted by molar-refractivity contribution is 5.86. The average molecular weight is 246 g/mol. The number of aryl methyl sites for hydroxylation is 1. The lowest BCUT2D eigenvalue weighted by molar-refractivity contribution is 0.112. The summed E-state index contributed by atoms with van der Waals surface area (Å²) in [4.78, 5) is 11.1. The molecule has 0 aliphatic heterocycles. The van der Waals surface area contributed by atoms with E-state index >= 15 is 0 Å². The zero-order chi connectivity index (χ0) is 13.3. The topological polar surface area (TPSA) is 34.9 Å². The van der Waals surface area contributed by atoms with E-state index in [1.54, 1.807) is 23.9 Å². The van der Waals surface area contributed by atoms with E-state index in [2.05, 4.69) is 5.10 Å². The van der Waals surface area contributed by atoms with E-state index < -0.39 is 0 Å². The summed E-state index contributed by atoms with van der Waals surface area (Å²) in [5.41, 5.74) is 2.69. The molecule has 94 valence electrons. The Bertz CT molecular complexity index is 587. The van der Waals surface area contributed by atoms with Gasteiger partial charge in [0, 0.05) is 17.8 Å². The number of rotatable bonds is 3. The van der Waals surface area contributed by atoms with Gasteiger partial charge in [-0.25, -0.2) is 4.39 Å². The molecule has 0 amide bonds. The zero-order valence-electron chi connectivity index (χ0n) is 10.6. The molecule has 0 saturated carbocycles. The van der Waals surface area contributed by atoms with Crippen molar-refractivity contribution in [1.29, 1.82) is 0 Å². The first-order valence-electron chi connectivity index (χ1n) is 5.83. The Morgan fingerprint density at radius 2 is 2.11 bits per heavy atom. The zero-order valence-corrected chi connectivity index (χ0v) is 10.6. The van der Waals surface area contributed by atoms with E-state index in [4.69, 9.17) is 0 Å². The fourth-order valence-electron chi connectivity index (χ4n) is 1.86. The van der Waals surface area contributed by atoms with Crippen molar-refractivity contribution in [2.75, 3.05) is 0 Å². The number of aldehydes is 1. The number of benzene rings is 1. The molecule has 0 unspecified atom stereocenters. The second kappa shape index (κ2) is 4.72. The smallest absolute Gasteiger partial charge is 0.153 e. The monoisotopic (exact) mass is 246 g/mol. The second-order valence-corrected chi connectivity index (χ2v) is 4.58. The molecule has 0 bridgehead atoms. The molecule has 4 heteroatoms. The van der Waals surface area contributed by atoms with Gasteiger partial charge in [-0.3, -0.25) is 9.48 Å².